The molecule has 0 aromatic carbocycles. The molecule has 1 rings (SSSR count). The van der Waals surface area contributed by atoms with Crippen LogP contribution in [0.4, 0.5) is 0 Å². The summed E-state index contributed by atoms with van der Waals surface area (Å²) < 4.78 is 0. The predicted octanol–water partition coefficient (Wildman–Crippen LogP) is 1.24. The molecule has 1 N–H and O–H groups in total. The van der Waals surface area contributed by atoms with Crippen LogP contribution in [0.25, 0.3) is 0 Å². The summed E-state index contributed by atoms with van der Waals surface area (Å²) in [7, 11) is 0. The number of aliphatic hydroxyl groups is 1. The minimum absolute atomic E-state index is 0.201. The van der Waals surface area contributed by atoms with Crippen molar-refractivity contribution in [2.45, 2.75) is 45.2 Å². The van der Waals surface area contributed by atoms with Crippen LogP contribution in [0.1, 0.15) is 33.6 Å². The van der Waals surface area contributed by atoms with Gasteiger partial charge in [0.15, 0.2) is 0 Å². The topological polar surface area (TPSA) is 23.5 Å². The molecule has 1 heterocycles. The molecule has 1 unspecified atom stereocenters. The van der Waals surface area contributed by atoms with E-state index in [9.17, 15) is 0 Å². The van der Waals surface area contributed by atoms with Crippen molar-refractivity contribution in [2.24, 2.45) is 0 Å². The van der Waals surface area contributed by atoms with Crippen molar-refractivity contribution in [3.63, 3.8) is 0 Å². The largest absolute Gasteiger partial charge is 0.396 e. The van der Waals surface area contributed by atoms with E-state index in [4.69, 9.17) is 5.11 Å². The van der Waals surface area contributed by atoms with Gasteiger partial charge in [0.2, 0.25) is 0 Å². The Kier molecular flexibility index (Phi) is 2.55. The minimum Gasteiger partial charge on any atom is -0.396 e. The Morgan fingerprint density at radius 2 is 2.18 bits per heavy atom. The molecule has 0 aromatic rings. The molecule has 0 spiro atoms. The molecule has 11 heavy (non-hydrogen) atoms. The summed E-state index contributed by atoms with van der Waals surface area (Å²) in [5.41, 5.74) is 0.201. The van der Waals surface area contributed by atoms with E-state index < -0.39 is 0 Å². The van der Waals surface area contributed by atoms with Crippen molar-refractivity contribution in [3.8, 4) is 0 Å². The van der Waals surface area contributed by atoms with E-state index in [0.717, 1.165) is 12.5 Å². The molecule has 1 atom stereocenters. The van der Waals surface area contributed by atoms with E-state index in [2.05, 4.69) is 25.7 Å². The maximum Gasteiger partial charge on any atom is 0.0448 e. The second kappa shape index (κ2) is 3.11. The van der Waals surface area contributed by atoms with Gasteiger partial charge in [-0.3, -0.25) is 4.90 Å². The van der Waals surface area contributed by atoms with Crippen molar-refractivity contribution < 1.29 is 5.11 Å². The first-order chi connectivity index (χ1) is 5.08. The van der Waals surface area contributed by atoms with Crippen LogP contribution < -0.4 is 0 Å². The Balaban J connectivity index is 2.43. The van der Waals surface area contributed by atoms with E-state index in [-0.39, 0.29) is 5.54 Å². The highest BCUT2D eigenvalue weighted by Crippen LogP contribution is 2.29. The van der Waals surface area contributed by atoms with Crippen molar-refractivity contribution in [3.05, 3.63) is 0 Å². The number of nitrogens with zero attached hydrogens (tertiary/aromatic N) is 1. The van der Waals surface area contributed by atoms with E-state index in [0.29, 0.717) is 6.61 Å². The monoisotopic (exact) mass is 157 g/mol. The maximum atomic E-state index is 8.83. The lowest BCUT2D eigenvalue weighted by Crippen LogP contribution is -2.57. The maximum absolute atomic E-state index is 8.83. The third-order valence-corrected chi connectivity index (χ3v) is 2.82. The van der Waals surface area contributed by atoms with Crippen molar-refractivity contribution in [1.29, 1.82) is 0 Å². The quantitative estimate of drug-likeness (QED) is 0.666. The van der Waals surface area contributed by atoms with Crippen LogP contribution in [0, 0.1) is 0 Å². The van der Waals surface area contributed by atoms with Gasteiger partial charge in [-0.2, -0.15) is 0 Å². The number of hydrogen-bond acceptors (Lipinski definition) is 2. The molecular formula is C9H19NO. The first-order valence-corrected chi connectivity index (χ1v) is 4.45. The summed E-state index contributed by atoms with van der Waals surface area (Å²) in [5.74, 6) is 0. The van der Waals surface area contributed by atoms with Crippen molar-refractivity contribution in [1.82, 2.24) is 4.90 Å². The highest BCUT2D eigenvalue weighted by molar-refractivity contribution is 4.91. The summed E-state index contributed by atoms with van der Waals surface area (Å²) >= 11 is 0. The summed E-state index contributed by atoms with van der Waals surface area (Å²) in [6.45, 7) is 8.17. The van der Waals surface area contributed by atoms with Crippen LogP contribution >= 0.6 is 0 Å². The van der Waals surface area contributed by atoms with E-state index in [1.54, 1.807) is 0 Å². The molecule has 0 aromatic heterocycles. The van der Waals surface area contributed by atoms with Crippen LogP contribution in [0.2, 0.25) is 0 Å². The number of hydrogen-bond donors (Lipinski definition) is 1. The van der Waals surface area contributed by atoms with Gasteiger partial charge < -0.3 is 5.11 Å². The van der Waals surface area contributed by atoms with Crippen molar-refractivity contribution >= 4 is 0 Å². The van der Waals surface area contributed by atoms with Crippen molar-refractivity contribution in [2.75, 3.05) is 13.2 Å². The zero-order chi connectivity index (χ0) is 8.48. The van der Waals surface area contributed by atoms with Gasteiger partial charge in [-0.25, -0.2) is 0 Å². The van der Waals surface area contributed by atoms with Gasteiger partial charge in [0, 0.05) is 24.7 Å². The molecule has 0 saturated carbocycles. The van der Waals surface area contributed by atoms with Gasteiger partial charge in [-0.15, -0.1) is 0 Å². The highest BCUT2D eigenvalue weighted by Gasteiger charge is 2.35. The summed E-state index contributed by atoms with van der Waals surface area (Å²) in [6.07, 6.45) is 2.20. The first-order valence-electron chi connectivity index (χ1n) is 4.45. The molecular weight excluding hydrogens is 138 g/mol. The van der Waals surface area contributed by atoms with E-state index >= 15 is 0 Å². The van der Waals surface area contributed by atoms with Gasteiger partial charge in [-0.05, 0) is 33.6 Å². The Morgan fingerprint density at radius 1 is 1.55 bits per heavy atom. The average molecular weight is 157 g/mol. The third kappa shape index (κ3) is 1.74. The lowest BCUT2D eigenvalue weighted by molar-refractivity contribution is -0.0116. The molecule has 2 heteroatoms. The Morgan fingerprint density at radius 3 is 2.45 bits per heavy atom. The Bertz CT molecular complexity index is 134. The third-order valence-electron chi connectivity index (χ3n) is 2.82. The lowest BCUT2D eigenvalue weighted by Gasteiger charge is -2.49. The molecule has 1 aliphatic rings. The molecule has 0 amide bonds. The zero-order valence-corrected chi connectivity index (χ0v) is 7.80. The smallest absolute Gasteiger partial charge is 0.0448 e. The molecule has 0 radical (unpaired) electrons. The molecule has 66 valence electrons. The van der Waals surface area contributed by atoms with Crippen LogP contribution in [-0.2, 0) is 0 Å². The van der Waals surface area contributed by atoms with Gasteiger partial charge in [0.25, 0.3) is 0 Å². The second-order valence-electron chi connectivity index (χ2n) is 4.12. The summed E-state index contributed by atoms with van der Waals surface area (Å²) in [5, 5.41) is 8.83. The molecule has 1 saturated heterocycles. The van der Waals surface area contributed by atoms with Crippen LogP contribution in [0.3, 0.4) is 0 Å². The lowest BCUT2D eigenvalue weighted by atomic mass is 9.90. The molecule has 0 aliphatic carbocycles. The normalized spacial score (nSPS) is 26.7. The van der Waals surface area contributed by atoms with Crippen LogP contribution in [0.5, 0.6) is 0 Å². The van der Waals surface area contributed by atoms with E-state index in [1.165, 1.54) is 13.0 Å². The predicted molar refractivity (Wildman–Crippen MR) is 46.6 cm³/mol. The fourth-order valence-corrected chi connectivity index (χ4v) is 1.83. The molecule has 0 bridgehead atoms. The average Bonchev–Trinajstić information content (AvgIpc) is 1.83. The standard InChI is InChI=1S/C9H19NO/c1-8-4-6-10(8)9(2,3)5-7-11/h8,11H,4-7H2,1-3H3. The Hall–Kier alpha value is -0.0800. The summed E-state index contributed by atoms with van der Waals surface area (Å²) in [6, 6.07) is 0.719. The highest BCUT2D eigenvalue weighted by atomic mass is 16.3. The van der Waals surface area contributed by atoms with Gasteiger partial charge in [-0.1, -0.05) is 0 Å². The SMILES string of the molecule is CC1CCN1C(C)(C)CCO. The molecule has 1 aliphatic heterocycles. The zero-order valence-electron chi connectivity index (χ0n) is 7.80. The van der Waals surface area contributed by atoms with Gasteiger partial charge >= 0.3 is 0 Å². The number of aliphatic hydroxyl groups excluding tert-OH is 1. The van der Waals surface area contributed by atoms with Crippen LogP contribution in [-0.4, -0.2) is 34.7 Å². The van der Waals surface area contributed by atoms with Gasteiger partial charge in [0.1, 0.15) is 0 Å². The summed E-state index contributed by atoms with van der Waals surface area (Å²) in [4.78, 5) is 2.46. The first kappa shape index (κ1) is 9.01. The molecule has 2 nitrogen and oxygen atoms in total. The molecule has 1 fully saturated rings. The number of rotatable bonds is 3. The number of likely N-dealkylation sites (tertiary alicyclic amines) is 1. The second-order valence-corrected chi connectivity index (χ2v) is 4.12. The fourth-order valence-electron chi connectivity index (χ4n) is 1.83. The Labute approximate surface area is 69.2 Å². The van der Waals surface area contributed by atoms with Crippen LogP contribution in [0.15, 0.2) is 0 Å². The van der Waals surface area contributed by atoms with Gasteiger partial charge in [0.05, 0.1) is 0 Å². The minimum atomic E-state index is 0.201. The fraction of sp³-hybridized carbons (Fsp3) is 1.00. The van der Waals surface area contributed by atoms with E-state index in [1.807, 2.05) is 0 Å².